The van der Waals surface area contributed by atoms with Gasteiger partial charge in [-0.3, -0.25) is 23.9 Å². The summed E-state index contributed by atoms with van der Waals surface area (Å²) in [4.78, 5) is 51.1. The Morgan fingerprint density at radius 3 is 2.43 bits per heavy atom. The van der Waals surface area contributed by atoms with Crippen LogP contribution in [0.2, 0.25) is 0 Å². The van der Waals surface area contributed by atoms with Crippen LogP contribution in [0.15, 0.2) is 21.9 Å². The molecule has 37 heavy (non-hydrogen) atoms. The minimum absolute atomic E-state index is 0.0919. The van der Waals surface area contributed by atoms with Gasteiger partial charge < -0.3 is 20.5 Å². The molecule has 1 aliphatic heterocycles. The number of aliphatic hydroxyl groups excluding tert-OH is 1. The van der Waals surface area contributed by atoms with Crippen LogP contribution < -0.4 is 21.9 Å². The number of carbonyl (C=O) groups is 2. The summed E-state index contributed by atoms with van der Waals surface area (Å²) in [6.45, 7) is 5.16. The normalized spacial score (nSPS) is 22.2. The third-order valence-corrected chi connectivity index (χ3v) is 7.47. The van der Waals surface area contributed by atoms with Crippen LogP contribution in [-0.4, -0.2) is 52.3 Å². The average Bonchev–Trinajstić information content (AvgIpc) is 3.55. The Morgan fingerprint density at radius 1 is 1.14 bits per heavy atom. The molecule has 0 spiro atoms. The maximum atomic E-state index is 12.4. The molecule has 1 saturated carbocycles. The number of rotatable bonds is 13. The lowest BCUT2D eigenvalue weighted by atomic mass is 9.89. The van der Waals surface area contributed by atoms with Gasteiger partial charge in [0.15, 0.2) is 0 Å². The minimum atomic E-state index is -0.592. The van der Waals surface area contributed by atoms with Gasteiger partial charge in [0, 0.05) is 31.3 Å². The number of H-pyrrole nitrogens is 1. The topological polar surface area (TPSA) is 143 Å². The summed E-state index contributed by atoms with van der Waals surface area (Å²) in [5.41, 5.74) is -0.996. The van der Waals surface area contributed by atoms with E-state index < -0.39 is 17.5 Å². The van der Waals surface area contributed by atoms with Crippen LogP contribution in [0.5, 0.6) is 0 Å². The van der Waals surface area contributed by atoms with Crippen LogP contribution >= 0.6 is 0 Å². The van der Waals surface area contributed by atoms with Crippen molar-refractivity contribution in [2.24, 2.45) is 17.8 Å². The lowest BCUT2D eigenvalue weighted by Crippen LogP contribution is -2.33. The second-order valence-corrected chi connectivity index (χ2v) is 10.5. The van der Waals surface area contributed by atoms with Gasteiger partial charge >= 0.3 is 5.69 Å². The van der Waals surface area contributed by atoms with Crippen molar-refractivity contribution >= 4 is 17.9 Å². The first-order chi connectivity index (χ1) is 17.8. The molecule has 2 aliphatic rings. The number of hydrogen-bond donors (Lipinski definition) is 4. The number of aromatic nitrogens is 2. The molecule has 2 amide bonds. The number of aromatic amines is 1. The molecular weight excluding hydrogens is 476 g/mol. The predicted octanol–water partition coefficient (Wildman–Crippen LogP) is 2.08. The number of aliphatic hydroxyl groups is 1. The zero-order valence-corrected chi connectivity index (χ0v) is 22.0. The van der Waals surface area contributed by atoms with Crippen molar-refractivity contribution in [2.45, 2.75) is 84.0 Å². The molecule has 206 valence electrons. The summed E-state index contributed by atoms with van der Waals surface area (Å²) in [6.07, 6.45) is 11.6. The van der Waals surface area contributed by atoms with E-state index in [1.807, 2.05) is 13.8 Å². The van der Waals surface area contributed by atoms with Crippen LogP contribution in [0.3, 0.4) is 0 Å². The molecule has 3 atom stereocenters. The van der Waals surface area contributed by atoms with E-state index in [1.165, 1.54) is 22.9 Å². The molecule has 3 unspecified atom stereocenters. The quantitative estimate of drug-likeness (QED) is 0.233. The van der Waals surface area contributed by atoms with Crippen LogP contribution in [0, 0.1) is 17.8 Å². The van der Waals surface area contributed by atoms with Crippen molar-refractivity contribution in [3.05, 3.63) is 38.7 Å². The first-order valence-electron chi connectivity index (χ1n) is 13.7. The number of unbranched alkanes of at least 4 members (excludes halogenated alkanes) is 3. The highest BCUT2D eigenvalue weighted by Crippen LogP contribution is 2.36. The van der Waals surface area contributed by atoms with Gasteiger partial charge in [-0.2, -0.15) is 0 Å². The van der Waals surface area contributed by atoms with Gasteiger partial charge in [0.05, 0.1) is 18.3 Å². The van der Waals surface area contributed by atoms with Gasteiger partial charge in [0.25, 0.3) is 5.56 Å². The number of carbonyl (C=O) groups excluding carboxylic acids is 2. The van der Waals surface area contributed by atoms with Crippen LogP contribution in [0.4, 0.5) is 0 Å². The number of amides is 2. The lowest BCUT2D eigenvalue weighted by molar-refractivity contribution is -0.124. The number of ether oxygens (including phenoxy) is 1. The molecular formula is C27H42N4O6. The summed E-state index contributed by atoms with van der Waals surface area (Å²) in [5.74, 6) is 0.434. The second-order valence-electron chi connectivity index (χ2n) is 10.5. The smallest absolute Gasteiger partial charge is 0.330 e. The SMILES string of the molecule is CC(C)C1CC(n2cc(/C=C/C(=O)NCCCCCCNC(=O)C3CCCC3)c(=O)[nH]c2=O)OC1CO. The van der Waals surface area contributed by atoms with Crippen LogP contribution in [-0.2, 0) is 14.3 Å². The van der Waals surface area contributed by atoms with Gasteiger partial charge in [0.2, 0.25) is 11.8 Å². The van der Waals surface area contributed by atoms with Crippen LogP contribution in [0.1, 0.15) is 83.4 Å². The lowest BCUT2D eigenvalue weighted by Gasteiger charge is -2.18. The van der Waals surface area contributed by atoms with E-state index in [2.05, 4.69) is 15.6 Å². The van der Waals surface area contributed by atoms with E-state index >= 15 is 0 Å². The van der Waals surface area contributed by atoms with E-state index in [9.17, 15) is 24.3 Å². The number of nitrogens with zero attached hydrogens (tertiary/aromatic N) is 1. The van der Waals surface area contributed by atoms with Gasteiger partial charge in [-0.05, 0) is 50.0 Å². The molecule has 1 saturated heterocycles. The molecule has 4 N–H and O–H groups in total. The summed E-state index contributed by atoms with van der Waals surface area (Å²) in [6, 6.07) is 0. The van der Waals surface area contributed by atoms with Gasteiger partial charge in [-0.1, -0.05) is 39.5 Å². The fraction of sp³-hybridized carbons (Fsp3) is 0.704. The molecule has 3 rings (SSSR count). The first-order valence-corrected chi connectivity index (χ1v) is 13.7. The van der Waals surface area contributed by atoms with Crippen molar-refractivity contribution in [2.75, 3.05) is 19.7 Å². The van der Waals surface area contributed by atoms with E-state index in [0.717, 1.165) is 51.4 Å². The summed E-state index contributed by atoms with van der Waals surface area (Å²) < 4.78 is 7.19. The maximum absolute atomic E-state index is 12.4. The maximum Gasteiger partial charge on any atom is 0.330 e. The molecule has 1 aromatic heterocycles. The fourth-order valence-electron chi connectivity index (χ4n) is 5.22. The summed E-state index contributed by atoms with van der Waals surface area (Å²) in [7, 11) is 0. The van der Waals surface area contributed by atoms with E-state index in [0.29, 0.717) is 19.5 Å². The third kappa shape index (κ3) is 8.39. The van der Waals surface area contributed by atoms with Gasteiger partial charge in [-0.25, -0.2) is 4.79 Å². The molecule has 1 aliphatic carbocycles. The first kappa shape index (κ1) is 28.8. The number of hydrogen-bond acceptors (Lipinski definition) is 6. The zero-order chi connectivity index (χ0) is 26.8. The predicted molar refractivity (Wildman–Crippen MR) is 141 cm³/mol. The molecule has 2 heterocycles. The Balaban J connectivity index is 1.39. The molecule has 10 heteroatoms. The third-order valence-electron chi connectivity index (χ3n) is 7.47. The Bertz CT molecular complexity index is 1040. The summed E-state index contributed by atoms with van der Waals surface area (Å²) >= 11 is 0. The van der Waals surface area contributed by atoms with E-state index in [-0.39, 0.29) is 47.8 Å². The van der Waals surface area contributed by atoms with Crippen LogP contribution in [0.25, 0.3) is 6.08 Å². The highest BCUT2D eigenvalue weighted by Gasteiger charge is 2.37. The van der Waals surface area contributed by atoms with Crippen molar-refractivity contribution < 1.29 is 19.4 Å². The molecule has 0 aromatic carbocycles. The van der Waals surface area contributed by atoms with E-state index in [1.54, 1.807) is 0 Å². The summed E-state index contributed by atoms with van der Waals surface area (Å²) in [5, 5.41) is 15.4. The molecule has 1 aromatic rings. The van der Waals surface area contributed by atoms with E-state index in [4.69, 9.17) is 4.74 Å². The van der Waals surface area contributed by atoms with Gasteiger partial charge in [0.1, 0.15) is 6.23 Å². The molecule has 10 nitrogen and oxygen atoms in total. The largest absolute Gasteiger partial charge is 0.394 e. The fourth-order valence-corrected chi connectivity index (χ4v) is 5.22. The standard InChI is InChI=1S/C27H42N4O6/c1-18(2)21-15-24(37-22(21)17-32)31-16-20(26(35)30-27(31)36)11-12-23(33)28-13-7-3-4-8-14-29-25(34)19-9-5-6-10-19/h11-12,16,18-19,21-22,24,32H,3-10,13-15,17H2,1-2H3,(H,28,33)(H,29,34)(H,30,35,36)/b12-11+. The Morgan fingerprint density at radius 2 is 1.81 bits per heavy atom. The molecule has 0 radical (unpaired) electrons. The van der Waals surface area contributed by atoms with Crippen molar-refractivity contribution in [3.63, 3.8) is 0 Å². The minimum Gasteiger partial charge on any atom is -0.394 e. The second kappa shape index (κ2) is 14.3. The Labute approximate surface area is 217 Å². The monoisotopic (exact) mass is 518 g/mol. The zero-order valence-electron chi connectivity index (χ0n) is 22.0. The molecule has 0 bridgehead atoms. The van der Waals surface area contributed by atoms with Crippen molar-refractivity contribution in [1.82, 2.24) is 20.2 Å². The van der Waals surface area contributed by atoms with Gasteiger partial charge in [-0.15, -0.1) is 0 Å². The average molecular weight is 519 g/mol. The highest BCUT2D eigenvalue weighted by atomic mass is 16.5. The molecule has 2 fully saturated rings. The Kier molecular flexibility index (Phi) is 11.1. The highest BCUT2D eigenvalue weighted by molar-refractivity contribution is 5.91. The van der Waals surface area contributed by atoms with Crippen molar-refractivity contribution in [1.29, 1.82) is 0 Å². The van der Waals surface area contributed by atoms with Crippen molar-refractivity contribution in [3.8, 4) is 0 Å². The Hall–Kier alpha value is -2.72. The number of nitrogens with one attached hydrogen (secondary N) is 3.